The fraction of sp³-hybridized carbons (Fsp3) is 0.667. The third kappa shape index (κ3) is 2.64. The number of carbonyl (C=O) groups excluding carboxylic acids is 1. The van der Waals surface area contributed by atoms with Gasteiger partial charge in [0.25, 0.3) is 0 Å². The number of aliphatic hydroxyl groups excluding tert-OH is 1. The van der Waals surface area contributed by atoms with E-state index in [1.807, 2.05) is 32.1 Å². The number of ether oxygens (including phenoxy) is 3. The van der Waals surface area contributed by atoms with Crippen LogP contribution in [0, 0.1) is 5.92 Å². The maximum atomic E-state index is 11.3. The van der Waals surface area contributed by atoms with Crippen LogP contribution in [0.25, 0.3) is 0 Å². The molecule has 5 unspecified atom stereocenters. The lowest BCUT2D eigenvalue weighted by Gasteiger charge is -2.27. The molecule has 2 heterocycles. The van der Waals surface area contributed by atoms with Gasteiger partial charge in [-0.15, -0.1) is 0 Å². The number of fused-ring (bicyclic) bond motifs is 1. The highest BCUT2D eigenvalue weighted by Crippen LogP contribution is 2.42. The van der Waals surface area contributed by atoms with E-state index in [2.05, 4.69) is 0 Å². The maximum Gasteiger partial charge on any atom is 0.244 e. The van der Waals surface area contributed by atoms with Gasteiger partial charge in [0, 0.05) is 11.5 Å². The number of nitrogens with two attached hydrogens (primary N) is 1. The van der Waals surface area contributed by atoms with Crippen LogP contribution in [0.4, 0.5) is 0 Å². The molecule has 1 aliphatic carbocycles. The predicted molar refractivity (Wildman–Crippen MR) is 74.1 cm³/mol. The van der Waals surface area contributed by atoms with Gasteiger partial charge in [0.2, 0.25) is 5.91 Å². The fourth-order valence-electron chi connectivity index (χ4n) is 3.27. The summed E-state index contributed by atoms with van der Waals surface area (Å²) < 4.78 is 17.6. The lowest BCUT2D eigenvalue weighted by atomic mass is 9.89. The number of allylic oxidation sites excluding steroid dienone is 1. The van der Waals surface area contributed by atoms with Crippen LogP contribution in [-0.4, -0.2) is 47.8 Å². The zero-order valence-corrected chi connectivity index (χ0v) is 12.2. The minimum Gasteiger partial charge on any atom is -0.394 e. The number of rotatable bonds is 3. The van der Waals surface area contributed by atoms with Crippen molar-refractivity contribution >= 4 is 5.91 Å². The quantitative estimate of drug-likeness (QED) is 0.729. The van der Waals surface area contributed by atoms with E-state index in [1.165, 1.54) is 0 Å². The van der Waals surface area contributed by atoms with Crippen molar-refractivity contribution in [1.29, 1.82) is 0 Å². The van der Waals surface area contributed by atoms with Crippen LogP contribution in [0.3, 0.4) is 0 Å². The van der Waals surface area contributed by atoms with Crippen molar-refractivity contribution in [2.45, 2.75) is 50.5 Å². The van der Waals surface area contributed by atoms with Crippen LogP contribution in [0.5, 0.6) is 0 Å². The van der Waals surface area contributed by atoms with Crippen molar-refractivity contribution in [1.82, 2.24) is 0 Å². The number of hydrogen-bond donors (Lipinski definition) is 2. The molecule has 2 saturated heterocycles. The van der Waals surface area contributed by atoms with Gasteiger partial charge in [0.15, 0.2) is 5.79 Å². The van der Waals surface area contributed by atoms with E-state index in [0.717, 1.165) is 0 Å². The highest BCUT2D eigenvalue weighted by atomic mass is 16.8. The third-order valence-corrected chi connectivity index (χ3v) is 4.15. The normalized spacial score (nSPS) is 40.9. The highest BCUT2D eigenvalue weighted by molar-refractivity contribution is 5.92. The molecule has 6 heteroatoms. The van der Waals surface area contributed by atoms with E-state index in [9.17, 15) is 9.90 Å². The molecule has 0 radical (unpaired) electrons. The SMILES string of the molecule is CC1(C)OC2C(CO)OC(C3C=CCC(C(N)=O)=C3)C2O1. The molecule has 2 fully saturated rings. The average molecular weight is 295 g/mol. The monoisotopic (exact) mass is 295 g/mol. The van der Waals surface area contributed by atoms with Crippen LogP contribution < -0.4 is 5.73 Å². The first-order chi connectivity index (χ1) is 9.91. The average Bonchev–Trinajstić information content (AvgIpc) is 2.91. The van der Waals surface area contributed by atoms with E-state index in [0.29, 0.717) is 12.0 Å². The summed E-state index contributed by atoms with van der Waals surface area (Å²) in [6.45, 7) is 3.57. The van der Waals surface area contributed by atoms with Gasteiger partial charge in [0.1, 0.15) is 18.3 Å². The van der Waals surface area contributed by atoms with Crippen LogP contribution in [0.2, 0.25) is 0 Å². The van der Waals surface area contributed by atoms with Crippen molar-refractivity contribution in [3.05, 3.63) is 23.8 Å². The van der Waals surface area contributed by atoms with Crippen LogP contribution >= 0.6 is 0 Å². The Morgan fingerprint density at radius 3 is 2.76 bits per heavy atom. The molecule has 1 amide bonds. The first kappa shape index (κ1) is 14.7. The molecule has 5 atom stereocenters. The zero-order chi connectivity index (χ0) is 15.2. The van der Waals surface area contributed by atoms with E-state index in [1.54, 1.807) is 0 Å². The Hall–Kier alpha value is -1.21. The molecule has 116 valence electrons. The molecule has 0 saturated carbocycles. The third-order valence-electron chi connectivity index (χ3n) is 4.15. The zero-order valence-electron chi connectivity index (χ0n) is 12.2. The van der Waals surface area contributed by atoms with Crippen molar-refractivity contribution in [3.8, 4) is 0 Å². The minimum absolute atomic E-state index is 0.109. The first-order valence-corrected chi connectivity index (χ1v) is 7.20. The molecule has 0 aromatic heterocycles. The molecule has 0 spiro atoms. The summed E-state index contributed by atoms with van der Waals surface area (Å²) >= 11 is 0. The number of aliphatic hydroxyl groups is 1. The predicted octanol–water partition coefficient (Wildman–Crippen LogP) is 0.254. The molecule has 6 nitrogen and oxygen atoms in total. The maximum absolute atomic E-state index is 11.3. The molecule has 0 bridgehead atoms. The van der Waals surface area contributed by atoms with Crippen molar-refractivity contribution in [3.63, 3.8) is 0 Å². The molecule has 0 aromatic carbocycles. The van der Waals surface area contributed by atoms with Gasteiger partial charge < -0.3 is 25.1 Å². The second-order valence-corrected chi connectivity index (χ2v) is 6.15. The molecule has 2 aliphatic heterocycles. The van der Waals surface area contributed by atoms with Crippen LogP contribution in [-0.2, 0) is 19.0 Å². The van der Waals surface area contributed by atoms with Crippen LogP contribution in [0.1, 0.15) is 20.3 Å². The highest BCUT2D eigenvalue weighted by Gasteiger charge is 2.56. The Balaban J connectivity index is 1.84. The van der Waals surface area contributed by atoms with Gasteiger partial charge in [-0.1, -0.05) is 18.2 Å². The Labute approximate surface area is 123 Å². The molecule has 0 aromatic rings. The lowest BCUT2D eigenvalue weighted by molar-refractivity contribution is -0.192. The molecule has 21 heavy (non-hydrogen) atoms. The summed E-state index contributed by atoms with van der Waals surface area (Å²) in [5.41, 5.74) is 5.93. The smallest absolute Gasteiger partial charge is 0.244 e. The Bertz CT molecular complexity index is 498. The number of amides is 1. The van der Waals surface area contributed by atoms with E-state index in [-0.39, 0.29) is 30.8 Å². The summed E-state index contributed by atoms with van der Waals surface area (Å²) in [6.07, 6.45) is 5.00. The first-order valence-electron chi connectivity index (χ1n) is 7.20. The van der Waals surface area contributed by atoms with Gasteiger partial charge in [-0.2, -0.15) is 0 Å². The van der Waals surface area contributed by atoms with Gasteiger partial charge in [-0.05, 0) is 20.3 Å². The summed E-state index contributed by atoms with van der Waals surface area (Å²) in [5.74, 6) is -1.22. The van der Waals surface area contributed by atoms with Gasteiger partial charge in [0.05, 0.1) is 12.7 Å². The Morgan fingerprint density at radius 1 is 1.38 bits per heavy atom. The Kier molecular flexibility index (Phi) is 3.65. The second kappa shape index (κ2) is 5.21. The van der Waals surface area contributed by atoms with Crippen molar-refractivity contribution in [2.24, 2.45) is 11.7 Å². The van der Waals surface area contributed by atoms with E-state index < -0.39 is 17.8 Å². The summed E-state index contributed by atoms with van der Waals surface area (Å²) in [6, 6.07) is 0. The summed E-state index contributed by atoms with van der Waals surface area (Å²) in [7, 11) is 0. The summed E-state index contributed by atoms with van der Waals surface area (Å²) in [5, 5.41) is 9.47. The van der Waals surface area contributed by atoms with E-state index >= 15 is 0 Å². The summed E-state index contributed by atoms with van der Waals surface area (Å²) in [4.78, 5) is 11.3. The molecular weight excluding hydrogens is 274 g/mol. The number of hydrogen-bond acceptors (Lipinski definition) is 5. The number of carbonyl (C=O) groups is 1. The Morgan fingerprint density at radius 2 is 2.10 bits per heavy atom. The molecule has 3 rings (SSSR count). The van der Waals surface area contributed by atoms with Gasteiger partial charge >= 0.3 is 0 Å². The molecule has 3 N–H and O–H groups in total. The fourth-order valence-corrected chi connectivity index (χ4v) is 3.27. The topological polar surface area (TPSA) is 91.0 Å². The molecule has 3 aliphatic rings. The van der Waals surface area contributed by atoms with Crippen LogP contribution in [0.15, 0.2) is 23.8 Å². The number of primary amides is 1. The lowest BCUT2D eigenvalue weighted by Crippen LogP contribution is -2.35. The van der Waals surface area contributed by atoms with Gasteiger partial charge in [-0.3, -0.25) is 4.79 Å². The molecular formula is C15H21NO5. The van der Waals surface area contributed by atoms with Crippen molar-refractivity contribution < 1.29 is 24.1 Å². The second-order valence-electron chi connectivity index (χ2n) is 6.15. The van der Waals surface area contributed by atoms with E-state index in [4.69, 9.17) is 19.9 Å². The van der Waals surface area contributed by atoms with Crippen molar-refractivity contribution in [2.75, 3.05) is 6.61 Å². The van der Waals surface area contributed by atoms with Gasteiger partial charge in [-0.25, -0.2) is 0 Å². The largest absolute Gasteiger partial charge is 0.394 e. The minimum atomic E-state index is -0.695. The standard InChI is InChI=1S/C15H21NO5/c1-15(2)20-12-10(7-17)19-11(13(12)21-15)8-4-3-5-9(6-8)14(16)18/h3-4,6,8,10-13,17H,5,7H2,1-2H3,(H2,16,18).